The topological polar surface area (TPSA) is 36.9 Å². The van der Waals surface area contributed by atoms with Crippen LogP contribution in [0.25, 0.3) is 0 Å². The first-order valence-electron chi connectivity index (χ1n) is 11.3. The Morgan fingerprint density at radius 3 is 1.00 bits per heavy atom. The van der Waals surface area contributed by atoms with Crippen molar-refractivity contribution in [2.45, 2.75) is 92.2 Å². The molecule has 0 saturated carbocycles. The largest absolute Gasteiger partial charge is 0.391 e. The third-order valence-corrected chi connectivity index (χ3v) is 13.0. The molecule has 0 aliphatic carbocycles. The van der Waals surface area contributed by atoms with Crippen molar-refractivity contribution in [1.82, 2.24) is 0 Å². The lowest BCUT2D eigenvalue weighted by atomic mass is 10.3. The quantitative estimate of drug-likeness (QED) is 0.244. The van der Waals surface area contributed by atoms with Gasteiger partial charge in [0, 0.05) is 37.5 Å². The van der Waals surface area contributed by atoms with E-state index in [4.69, 9.17) is 17.7 Å². The van der Waals surface area contributed by atoms with Crippen LogP contribution in [-0.2, 0) is 17.7 Å². The monoisotopic (exact) mass is 430 g/mol. The van der Waals surface area contributed by atoms with Gasteiger partial charge in [0.05, 0.1) is 0 Å². The molecule has 2 unspecified atom stereocenters. The first-order chi connectivity index (χ1) is 13.4. The zero-order valence-corrected chi connectivity index (χ0v) is 21.8. The Kier molecular flexibility index (Phi) is 15.4. The van der Waals surface area contributed by atoms with Gasteiger partial charge in [-0.05, 0) is 50.9 Å². The number of hydrogen-bond donors (Lipinski definition) is 0. The molecule has 0 bridgehead atoms. The number of allylic oxidation sites excluding steroid dienone is 2. The van der Waals surface area contributed by atoms with E-state index in [9.17, 15) is 0 Å². The second-order valence-corrected chi connectivity index (χ2v) is 13.9. The van der Waals surface area contributed by atoms with Gasteiger partial charge >= 0.3 is 17.1 Å². The predicted octanol–water partition coefficient (Wildman–Crippen LogP) is 6.59. The summed E-state index contributed by atoms with van der Waals surface area (Å²) in [7, 11) is -5.12. The third-order valence-electron chi connectivity index (χ3n) is 4.94. The molecule has 0 aromatic carbocycles. The molecule has 0 fully saturated rings. The average molecular weight is 431 g/mol. The van der Waals surface area contributed by atoms with Gasteiger partial charge in [0.2, 0.25) is 0 Å². The molecule has 166 valence electrons. The van der Waals surface area contributed by atoms with Crippen molar-refractivity contribution < 1.29 is 17.7 Å². The van der Waals surface area contributed by atoms with Crippen molar-refractivity contribution in [3.05, 3.63) is 23.6 Å². The molecular weight excluding hydrogens is 384 g/mol. The molecule has 6 heteroatoms. The van der Waals surface area contributed by atoms with E-state index in [0.29, 0.717) is 0 Å². The Balaban J connectivity index is 6.03. The number of rotatable bonds is 17. The van der Waals surface area contributed by atoms with Gasteiger partial charge in [-0.15, -0.1) is 0 Å². The lowest BCUT2D eigenvalue weighted by molar-refractivity contribution is 0.151. The van der Waals surface area contributed by atoms with Crippen LogP contribution in [0.2, 0.25) is 11.1 Å². The van der Waals surface area contributed by atoms with E-state index in [1.807, 2.05) is 0 Å². The van der Waals surface area contributed by atoms with Gasteiger partial charge in [-0.3, -0.25) is 0 Å². The molecule has 0 aromatic heterocycles. The summed E-state index contributed by atoms with van der Waals surface area (Å²) in [6.45, 7) is 20.2. The van der Waals surface area contributed by atoms with Crippen LogP contribution in [0.1, 0.15) is 81.1 Å². The lowest BCUT2D eigenvalue weighted by Crippen LogP contribution is -2.54. The molecule has 0 N–H and O–H groups in total. The summed E-state index contributed by atoms with van der Waals surface area (Å²) in [4.78, 5) is 0. The molecule has 0 heterocycles. The van der Waals surface area contributed by atoms with Crippen molar-refractivity contribution in [2.75, 3.05) is 26.4 Å². The molecule has 0 spiro atoms. The molecule has 0 rings (SSSR count). The van der Waals surface area contributed by atoms with E-state index < -0.39 is 17.1 Å². The van der Waals surface area contributed by atoms with E-state index in [2.05, 4.69) is 78.9 Å². The molecule has 4 nitrogen and oxygen atoms in total. The Labute approximate surface area is 177 Å². The summed E-state index contributed by atoms with van der Waals surface area (Å²) in [6.07, 6.45) is 8.13. The van der Waals surface area contributed by atoms with Crippen molar-refractivity contribution >= 4 is 17.1 Å². The smallest absolute Gasteiger partial charge is 0.367 e. The Morgan fingerprint density at radius 2 is 0.821 bits per heavy atom. The average Bonchev–Trinajstić information content (AvgIpc) is 2.71. The summed E-state index contributed by atoms with van der Waals surface area (Å²) in [5.41, 5.74) is 4.87. The van der Waals surface area contributed by atoms with Gasteiger partial charge in [-0.25, -0.2) is 0 Å². The molecule has 0 saturated heterocycles. The summed E-state index contributed by atoms with van der Waals surface area (Å²) < 4.78 is 26.0. The Bertz CT molecular complexity index is 384. The highest BCUT2D eigenvalue weighted by atomic mass is 28.4. The maximum atomic E-state index is 6.50. The van der Waals surface area contributed by atoms with Gasteiger partial charge in [-0.1, -0.05) is 53.7 Å². The van der Waals surface area contributed by atoms with Gasteiger partial charge in [-0.2, -0.15) is 0 Å². The minimum atomic E-state index is -2.56. The van der Waals surface area contributed by atoms with E-state index in [-0.39, 0.29) is 11.1 Å². The van der Waals surface area contributed by atoms with E-state index in [1.54, 1.807) is 0 Å². The van der Waals surface area contributed by atoms with Crippen LogP contribution >= 0.6 is 0 Å². The highest BCUT2D eigenvalue weighted by molar-refractivity contribution is 6.80. The maximum absolute atomic E-state index is 6.50. The number of hydrogen-bond acceptors (Lipinski definition) is 4. The highest BCUT2D eigenvalue weighted by Crippen LogP contribution is 2.43. The van der Waals surface area contributed by atoms with Crippen molar-refractivity contribution in [3.63, 3.8) is 0 Å². The summed E-state index contributed by atoms with van der Waals surface area (Å²) in [5.74, 6) is 0. The SMILES string of the molecule is CC=C[Si](OCCC)(OCCC)C(C)C(C)[Si](C=CC)(OCCC)OCCC. The van der Waals surface area contributed by atoms with Crippen LogP contribution in [0.15, 0.2) is 23.6 Å². The second-order valence-electron chi connectivity index (χ2n) is 7.41. The molecule has 0 aromatic rings. The molecule has 0 aliphatic heterocycles. The summed E-state index contributed by atoms with van der Waals surface area (Å²) in [5, 5.41) is 0. The molecule has 0 amide bonds. The van der Waals surface area contributed by atoms with Gasteiger partial charge in [0.1, 0.15) is 0 Å². The first kappa shape index (κ1) is 27.8. The highest BCUT2D eigenvalue weighted by Gasteiger charge is 2.53. The van der Waals surface area contributed by atoms with Crippen molar-refractivity contribution in [2.24, 2.45) is 0 Å². The van der Waals surface area contributed by atoms with Gasteiger partial charge < -0.3 is 17.7 Å². The van der Waals surface area contributed by atoms with Gasteiger partial charge in [0.25, 0.3) is 0 Å². The minimum Gasteiger partial charge on any atom is -0.391 e. The molecule has 0 radical (unpaired) electrons. The zero-order chi connectivity index (χ0) is 21.5. The Hall–Kier alpha value is -0.246. The minimum absolute atomic E-state index is 0.221. The van der Waals surface area contributed by atoms with Crippen molar-refractivity contribution in [1.29, 1.82) is 0 Å². The molecule has 2 atom stereocenters. The molecular formula is C22H46O4Si2. The first-order valence-corrected chi connectivity index (χ1v) is 15.2. The van der Waals surface area contributed by atoms with Crippen molar-refractivity contribution in [3.8, 4) is 0 Å². The van der Waals surface area contributed by atoms with Crippen LogP contribution in [-0.4, -0.2) is 43.5 Å². The van der Waals surface area contributed by atoms with E-state index in [1.165, 1.54) is 0 Å². The van der Waals surface area contributed by atoms with Crippen LogP contribution in [0, 0.1) is 0 Å². The summed E-state index contributed by atoms with van der Waals surface area (Å²) >= 11 is 0. The van der Waals surface area contributed by atoms with Crippen LogP contribution in [0.3, 0.4) is 0 Å². The fraction of sp³-hybridized carbons (Fsp3) is 0.818. The normalized spacial score (nSPS) is 15.6. The van der Waals surface area contributed by atoms with Crippen LogP contribution in [0.4, 0.5) is 0 Å². The van der Waals surface area contributed by atoms with Gasteiger partial charge in [0.15, 0.2) is 0 Å². The van der Waals surface area contributed by atoms with Crippen LogP contribution in [0.5, 0.6) is 0 Å². The summed E-state index contributed by atoms with van der Waals surface area (Å²) in [6, 6.07) is 0. The Morgan fingerprint density at radius 1 is 0.571 bits per heavy atom. The predicted molar refractivity (Wildman–Crippen MR) is 125 cm³/mol. The van der Waals surface area contributed by atoms with Crippen LogP contribution < -0.4 is 0 Å². The fourth-order valence-electron chi connectivity index (χ4n) is 3.31. The van der Waals surface area contributed by atoms with E-state index >= 15 is 0 Å². The standard InChI is InChI=1S/C22H46O4Si2/c1-9-15-23-27(19-13-5,24-16-10-2)21(7)22(8)28(20-14-6,25-17-11-3)26-18-12-4/h13-14,19-22H,9-12,15-18H2,1-8H3. The maximum Gasteiger partial charge on any atom is 0.367 e. The zero-order valence-electron chi connectivity index (χ0n) is 19.8. The second kappa shape index (κ2) is 15.6. The molecule has 0 aliphatic rings. The third kappa shape index (κ3) is 8.24. The lowest BCUT2D eigenvalue weighted by Gasteiger charge is -2.42. The molecule has 28 heavy (non-hydrogen) atoms. The van der Waals surface area contributed by atoms with E-state index in [0.717, 1.165) is 52.1 Å². The fourth-order valence-corrected chi connectivity index (χ4v) is 11.3.